The van der Waals surface area contributed by atoms with Crippen molar-refractivity contribution in [1.29, 1.82) is 0 Å². The molecule has 0 spiro atoms. The highest BCUT2D eigenvalue weighted by Crippen LogP contribution is 2.22. The summed E-state index contributed by atoms with van der Waals surface area (Å²) < 4.78 is 0. The predicted octanol–water partition coefficient (Wildman–Crippen LogP) is 2.70. The summed E-state index contributed by atoms with van der Waals surface area (Å²) in [5.41, 5.74) is 6.79. The van der Waals surface area contributed by atoms with Gasteiger partial charge in [0.15, 0.2) is 0 Å². The molecule has 0 bridgehead atoms. The average Bonchev–Trinajstić information content (AvgIpc) is 2.27. The van der Waals surface area contributed by atoms with Gasteiger partial charge in [-0.15, -0.1) is 0 Å². The molecule has 2 unspecified atom stereocenters. The van der Waals surface area contributed by atoms with Gasteiger partial charge < -0.3 is 5.73 Å². The van der Waals surface area contributed by atoms with Crippen molar-refractivity contribution < 1.29 is 0 Å². The van der Waals surface area contributed by atoms with E-state index in [9.17, 15) is 0 Å². The van der Waals surface area contributed by atoms with Crippen LogP contribution in [-0.4, -0.2) is 28.5 Å². The maximum absolute atomic E-state index is 6.12. The van der Waals surface area contributed by atoms with E-state index in [1.807, 2.05) is 0 Å². The first-order chi connectivity index (χ1) is 8.06. The summed E-state index contributed by atoms with van der Waals surface area (Å²) in [6, 6.07) is 4.30. The van der Waals surface area contributed by atoms with Crippen molar-refractivity contribution in [3.8, 4) is 0 Å². The van der Waals surface area contributed by atoms with Crippen LogP contribution in [0.5, 0.6) is 0 Å². The number of piperidine rings is 1. The number of nitrogens with two attached hydrogens (primary N) is 1. The molecule has 94 valence electrons. The van der Waals surface area contributed by atoms with Crippen LogP contribution in [0, 0.1) is 0 Å². The minimum atomic E-state index is 0.323. The van der Waals surface area contributed by atoms with E-state index < -0.39 is 0 Å². The summed E-state index contributed by atoms with van der Waals surface area (Å²) in [7, 11) is 0. The van der Waals surface area contributed by atoms with E-state index in [0.29, 0.717) is 22.3 Å². The topological polar surface area (TPSA) is 42.1 Å². The Hall–Kier alpha value is -0.350. The summed E-state index contributed by atoms with van der Waals surface area (Å²) in [5, 5.41) is 1.17. The summed E-state index contributed by atoms with van der Waals surface area (Å²) in [6.45, 7) is 3.93. The monoisotopic (exact) mass is 273 g/mol. The van der Waals surface area contributed by atoms with Gasteiger partial charge in [0.1, 0.15) is 5.15 Å². The molecule has 0 radical (unpaired) electrons. The second kappa shape index (κ2) is 5.53. The highest BCUT2D eigenvalue weighted by Gasteiger charge is 2.24. The van der Waals surface area contributed by atoms with Crippen LogP contribution in [0.15, 0.2) is 12.1 Å². The zero-order chi connectivity index (χ0) is 12.4. The van der Waals surface area contributed by atoms with E-state index in [2.05, 4.69) is 16.8 Å². The second-order valence-corrected chi connectivity index (χ2v) is 5.46. The van der Waals surface area contributed by atoms with Crippen LogP contribution in [0.25, 0.3) is 0 Å². The van der Waals surface area contributed by atoms with Gasteiger partial charge >= 0.3 is 0 Å². The average molecular weight is 274 g/mol. The van der Waals surface area contributed by atoms with Gasteiger partial charge in [0, 0.05) is 25.2 Å². The first-order valence-corrected chi connectivity index (χ1v) is 6.62. The number of pyridine rings is 1. The van der Waals surface area contributed by atoms with Gasteiger partial charge in [0.2, 0.25) is 0 Å². The van der Waals surface area contributed by atoms with Crippen LogP contribution >= 0.6 is 23.2 Å². The zero-order valence-corrected chi connectivity index (χ0v) is 11.4. The molecule has 5 heteroatoms. The molecule has 0 saturated carbocycles. The highest BCUT2D eigenvalue weighted by molar-refractivity contribution is 6.32. The third-order valence-corrected chi connectivity index (χ3v) is 3.85. The lowest BCUT2D eigenvalue weighted by molar-refractivity contribution is 0.138. The molecule has 1 fully saturated rings. The summed E-state index contributed by atoms with van der Waals surface area (Å²) >= 11 is 12.0. The number of aromatic nitrogens is 1. The Morgan fingerprint density at radius 2 is 2.24 bits per heavy atom. The number of nitrogens with zero attached hydrogens (tertiary/aromatic N) is 2. The Kier molecular flexibility index (Phi) is 4.26. The normalized spacial score (nSPS) is 26.1. The molecule has 1 aromatic rings. The predicted molar refractivity (Wildman–Crippen MR) is 71.3 cm³/mol. The molecule has 1 saturated heterocycles. The third-order valence-electron chi connectivity index (χ3n) is 3.29. The first-order valence-electron chi connectivity index (χ1n) is 5.87. The number of halogens is 2. The largest absolute Gasteiger partial charge is 0.328 e. The van der Waals surface area contributed by atoms with Crippen molar-refractivity contribution in [2.45, 2.75) is 38.4 Å². The van der Waals surface area contributed by atoms with Crippen LogP contribution in [0.3, 0.4) is 0 Å². The molecule has 2 rings (SSSR count). The molecular weight excluding hydrogens is 257 g/mol. The van der Waals surface area contributed by atoms with E-state index in [0.717, 1.165) is 31.6 Å². The quantitative estimate of drug-likeness (QED) is 0.843. The molecule has 0 amide bonds. The lowest BCUT2D eigenvalue weighted by atomic mass is 9.99. The van der Waals surface area contributed by atoms with E-state index in [4.69, 9.17) is 28.9 Å². The zero-order valence-electron chi connectivity index (χ0n) is 9.87. The Balaban J connectivity index is 2.07. The van der Waals surface area contributed by atoms with Crippen molar-refractivity contribution in [2.24, 2.45) is 5.73 Å². The molecule has 1 aromatic heterocycles. The van der Waals surface area contributed by atoms with Crippen LogP contribution in [0.2, 0.25) is 10.2 Å². The Morgan fingerprint density at radius 3 is 2.94 bits per heavy atom. The number of likely N-dealkylation sites (tertiary alicyclic amines) is 1. The molecule has 2 heterocycles. The van der Waals surface area contributed by atoms with E-state index >= 15 is 0 Å². The van der Waals surface area contributed by atoms with E-state index in [1.165, 1.54) is 0 Å². The highest BCUT2D eigenvalue weighted by atomic mass is 35.5. The number of hydrogen-bond donors (Lipinski definition) is 1. The minimum absolute atomic E-state index is 0.323. The van der Waals surface area contributed by atoms with Crippen molar-refractivity contribution >= 4 is 23.2 Å². The molecular formula is C12H17Cl2N3. The molecule has 2 atom stereocenters. The summed E-state index contributed by atoms with van der Waals surface area (Å²) in [5.74, 6) is 0. The molecule has 1 aliphatic rings. The first kappa shape index (κ1) is 13.1. The minimum Gasteiger partial charge on any atom is -0.328 e. The Bertz CT molecular complexity index is 397. The third kappa shape index (κ3) is 3.32. The van der Waals surface area contributed by atoms with E-state index in [1.54, 1.807) is 12.1 Å². The Morgan fingerprint density at radius 1 is 1.47 bits per heavy atom. The molecule has 1 aliphatic heterocycles. The lowest BCUT2D eigenvalue weighted by Gasteiger charge is -2.36. The van der Waals surface area contributed by atoms with Gasteiger partial charge in [-0.3, -0.25) is 4.90 Å². The van der Waals surface area contributed by atoms with Crippen LogP contribution in [-0.2, 0) is 6.54 Å². The van der Waals surface area contributed by atoms with Gasteiger partial charge in [-0.25, -0.2) is 4.98 Å². The fourth-order valence-corrected chi connectivity index (χ4v) is 2.58. The molecule has 2 N–H and O–H groups in total. The lowest BCUT2D eigenvalue weighted by Crippen LogP contribution is -2.45. The van der Waals surface area contributed by atoms with Gasteiger partial charge in [-0.05, 0) is 31.9 Å². The Labute approximate surface area is 112 Å². The summed E-state index contributed by atoms with van der Waals surface area (Å²) in [4.78, 5) is 6.64. The van der Waals surface area contributed by atoms with Crippen LogP contribution < -0.4 is 5.73 Å². The molecule has 17 heavy (non-hydrogen) atoms. The van der Waals surface area contributed by atoms with Crippen molar-refractivity contribution in [3.63, 3.8) is 0 Å². The van der Waals surface area contributed by atoms with E-state index in [-0.39, 0.29) is 0 Å². The number of hydrogen-bond acceptors (Lipinski definition) is 3. The molecule has 3 nitrogen and oxygen atoms in total. The fourth-order valence-electron chi connectivity index (χ4n) is 2.25. The van der Waals surface area contributed by atoms with Crippen LogP contribution in [0.4, 0.5) is 0 Å². The fraction of sp³-hybridized carbons (Fsp3) is 0.583. The number of rotatable bonds is 2. The van der Waals surface area contributed by atoms with Crippen LogP contribution in [0.1, 0.15) is 25.5 Å². The van der Waals surface area contributed by atoms with Crippen molar-refractivity contribution in [3.05, 3.63) is 28.0 Å². The van der Waals surface area contributed by atoms with Gasteiger partial charge in [0.05, 0.1) is 10.7 Å². The standard InChI is InChI=1S/C12H17Cl2N3/c1-8-6-9(15)4-5-17(8)7-11-10(13)2-3-12(14)16-11/h2-3,8-9H,4-7,15H2,1H3. The van der Waals surface area contributed by atoms with Crippen molar-refractivity contribution in [2.75, 3.05) is 6.54 Å². The SMILES string of the molecule is CC1CC(N)CCN1Cc1nc(Cl)ccc1Cl. The smallest absolute Gasteiger partial charge is 0.129 e. The maximum Gasteiger partial charge on any atom is 0.129 e. The van der Waals surface area contributed by atoms with Gasteiger partial charge in [-0.2, -0.15) is 0 Å². The van der Waals surface area contributed by atoms with Crippen molar-refractivity contribution in [1.82, 2.24) is 9.88 Å². The summed E-state index contributed by atoms with van der Waals surface area (Å²) in [6.07, 6.45) is 2.06. The maximum atomic E-state index is 6.12. The van der Waals surface area contributed by atoms with Gasteiger partial charge in [0.25, 0.3) is 0 Å². The second-order valence-electron chi connectivity index (χ2n) is 4.67. The van der Waals surface area contributed by atoms with Gasteiger partial charge in [-0.1, -0.05) is 23.2 Å². The molecule has 0 aliphatic carbocycles. The molecule has 0 aromatic carbocycles.